The largest absolute Gasteiger partial charge is 0.469 e. The second-order valence-electron chi connectivity index (χ2n) is 4.14. The fourth-order valence-corrected chi connectivity index (χ4v) is 3.38. The molecule has 0 aliphatic carbocycles. The molecule has 1 heterocycles. The average molecular weight is 318 g/mol. The van der Waals surface area contributed by atoms with Gasteiger partial charge in [0.25, 0.3) is 0 Å². The number of hydrogen-bond donors (Lipinski definition) is 0. The monoisotopic (exact) mass is 317 g/mol. The number of halogens is 2. The minimum Gasteiger partial charge on any atom is -0.469 e. The number of esters is 1. The molecule has 1 atom stereocenters. The van der Waals surface area contributed by atoms with Crippen molar-refractivity contribution in [3.63, 3.8) is 0 Å². The Morgan fingerprint density at radius 3 is 2.79 bits per heavy atom. The third-order valence-electron chi connectivity index (χ3n) is 2.79. The first-order valence-corrected chi connectivity index (χ1v) is 7.53. The van der Waals surface area contributed by atoms with E-state index >= 15 is 0 Å². The van der Waals surface area contributed by atoms with Crippen molar-refractivity contribution in [2.75, 3.05) is 12.9 Å². The second kappa shape index (κ2) is 6.64. The molecule has 0 bridgehead atoms. The maximum Gasteiger partial charge on any atom is 0.307 e. The molecule has 1 unspecified atom stereocenters. The summed E-state index contributed by atoms with van der Waals surface area (Å²) in [6.07, 6.45) is 0.935. The second-order valence-corrected chi connectivity index (χ2v) is 6.05. The molecule has 0 spiro atoms. The lowest BCUT2D eigenvalue weighted by Gasteiger charge is -2.05. The predicted molar refractivity (Wildman–Crippen MR) is 80.5 cm³/mol. The lowest BCUT2D eigenvalue weighted by molar-refractivity contribution is -0.140. The lowest BCUT2D eigenvalue weighted by atomic mass is 10.1. The van der Waals surface area contributed by atoms with Gasteiger partial charge in [-0.25, -0.2) is 0 Å². The zero-order valence-corrected chi connectivity index (χ0v) is 12.7. The van der Waals surface area contributed by atoms with Gasteiger partial charge in [0.2, 0.25) is 0 Å². The molecule has 1 aromatic rings. The maximum atomic E-state index is 11.2. The van der Waals surface area contributed by atoms with Gasteiger partial charge in [-0.15, -0.1) is 11.8 Å². The highest BCUT2D eigenvalue weighted by molar-refractivity contribution is 8.14. The fraction of sp³-hybridized carbons (Fsp3) is 0.385. The highest BCUT2D eigenvalue weighted by atomic mass is 35.5. The van der Waals surface area contributed by atoms with Gasteiger partial charge in [0.05, 0.1) is 24.6 Å². The van der Waals surface area contributed by atoms with Crippen molar-refractivity contribution < 1.29 is 9.53 Å². The van der Waals surface area contributed by atoms with E-state index in [-0.39, 0.29) is 12.0 Å². The molecule has 1 aliphatic heterocycles. The van der Waals surface area contributed by atoms with Gasteiger partial charge in [-0.3, -0.25) is 9.79 Å². The van der Waals surface area contributed by atoms with Crippen molar-refractivity contribution in [3.05, 3.63) is 33.8 Å². The molecule has 0 saturated heterocycles. The number of thioether (sulfide) groups is 1. The molecule has 102 valence electrons. The Kier molecular flexibility index (Phi) is 5.13. The van der Waals surface area contributed by atoms with Gasteiger partial charge in [0.1, 0.15) is 0 Å². The molecule has 1 aliphatic rings. The first-order valence-electron chi connectivity index (χ1n) is 5.79. The van der Waals surface area contributed by atoms with Crippen LogP contribution in [-0.4, -0.2) is 29.9 Å². The van der Waals surface area contributed by atoms with Crippen LogP contribution in [0.4, 0.5) is 0 Å². The Balaban J connectivity index is 2.04. The molecule has 0 saturated carbocycles. The van der Waals surface area contributed by atoms with Crippen molar-refractivity contribution in [3.8, 4) is 0 Å². The summed E-state index contributed by atoms with van der Waals surface area (Å²) < 4.78 is 4.64. The van der Waals surface area contributed by atoms with Gasteiger partial charge in [0, 0.05) is 22.2 Å². The number of carbonyl (C=O) groups is 1. The number of benzene rings is 1. The number of carbonyl (C=O) groups excluding carboxylic acids is 1. The topological polar surface area (TPSA) is 38.7 Å². The highest BCUT2D eigenvalue weighted by Crippen LogP contribution is 2.29. The van der Waals surface area contributed by atoms with E-state index in [9.17, 15) is 4.79 Å². The quantitative estimate of drug-likeness (QED) is 0.796. The summed E-state index contributed by atoms with van der Waals surface area (Å²) in [7, 11) is 1.39. The molecular formula is C13H13Cl2NO2S. The number of rotatable bonds is 4. The van der Waals surface area contributed by atoms with Gasteiger partial charge in [-0.05, 0) is 17.7 Å². The first-order chi connectivity index (χ1) is 9.10. The number of nitrogens with zero attached hydrogens (tertiary/aromatic N) is 1. The van der Waals surface area contributed by atoms with E-state index in [4.69, 9.17) is 23.2 Å². The number of methoxy groups -OCH3 is 1. The Morgan fingerprint density at radius 2 is 2.16 bits per heavy atom. The van der Waals surface area contributed by atoms with E-state index in [0.29, 0.717) is 22.9 Å². The van der Waals surface area contributed by atoms with E-state index in [1.54, 1.807) is 11.8 Å². The van der Waals surface area contributed by atoms with E-state index in [1.165, 1.54) is 7.11 Å². The Morgan fingerprint density at radius 1 is 1.47 bits per heavy atom. The molecule has 2 rings (SSSR count). The third-order valence-corrected chi connectivity index (χ3v) is 4.63. The Hall–Kier alpha value is -0.710. The molecule has 0 aromatic heterocycles. The summed E-state index contributed by atoms with van der Waals surface area (Å²) >= 11 is 13.9. The van der Waals surface area contributed by atoms with Crippen LogP contribution in [0.2, 0.25) is 10.0 Å². The van der Waals surface area contributed by atoms with Gasteiger partial charge < -0.3 is 4.74 Å². The Bertz CT molecular complexity index is 499. The van der Waals surface area contributed by atoms with Gasteiger partial charge in [-0.1, -0.05) is 29.3 Å². The molecule has 0 N–H and O–H groups in total. The predicted octanol–water partition coefficient (Wildman–Crippen LogP) is 3.61. The third kappa shape index (κ3) is 3.88. The summed E-state index contributed by atoms with van der Waals surface area (Å²) in [6, 6.07) is 5.44. The molecule has 0 fully saturated rings. The van der Waals surface area contributed by atoms with Crippen LogP contribution in [0, 0.1) is 0 Å². The van der Waals surface area contributed by atoms with E-state index in [0.717, 1.165) is 16.4 Å². The highest BCUT2D eigenvalue weighted by Gasteiger charge is 2.22. The van der Waals surface area contributed by atoms with E-state index in [1.807, 2.05) is 18.2 Å². The van der Waals surface area contributed by atoms with Crippen LogP contribution in [0.25, 0.3) is 0 Å². The maximum absolute atomic E-state index is 11.2. The molecule has 0 amide bonds. The van der Waals surface area contributed by atoms with E-state index < -0.39 is 0 Å². The SMILES string of the molecule is COC(=O)CC1CSC(Cc2c(Cl)cccc2Cl)=N1. The van der Waals surface area contributed by atoms with Crippen LogP contribution in [0.5, 0.6) is 0 Å². The minimum absolute atomic E-state index is 0.00582. The molecule has 0 radical (unpaired) electrons. The standard InChI is InChI=1S/C13H13Cl2NO2S/c1-18-13(17)5-8-7-19-12(16-8)6-9-10(14)3-2-4-11(9)15/h2-4,8H,5-7H2,1H3. The van der Waals surface area contributed by atoms with Gasteiger partial charge in [-0.2, -0.15) is 0 Å². The summed E-state index contributed by atoms with van der Waals surface area (Å²) in [6.45, 7) is 0. The van der Waals surface area contributed by atoms with Crippen LogP contribution in [-0.2, 0) is 16.0 Å². The van der Waals surface area contributed by atoms with Crippen LogP contribution in [0.3, 0.4) is 0 Å². The van der Waals surface area contributed by atoms with Gasteiger partial charge in [0.15, 0.2) is 0 Å². The zero-order chi connectivity index (χ0) is 13.8. The molecule has 6 heteroatoms. The minimum atomic E-state index is -0.230. The fourth-order valence-electron chi connectivity index (χ4n) is 1.80. The van der Waals surface area contributed by atoms with Crippen molar-refractivity contribution in [1.29, 1.82) is 0 Å². The summed E-state index contributed by atoms with van der Waals surface area (Å²) in [5.41, 5.74) is 0.885. The first kappa shape index (κ1) is 14.7. The van der Waals surface area contributed by atoms with Crippen LogP contribution in [0.15, 0.2) is 23.2 Å². The summed E-state index contributed by atoms with van der Waals surface area (Å²) in [4.78, 5) is 15.7. The number of hydrogen-bond acceptors (Lipinski definition) is 4. The number of aliphatic imine (C=N–C) groups is 1. The smallest absolute Gasteiger partial charge is 0.307 e. The average Bonchev–Trinajstić information content (AvgIpc) is 2.81. The van der Waals surface area contributed by atoms with Gasteiger partial charge >= 0.3 is 5.97 Å². The summed E-state index contributed by atoms with van der Waals surface area (Å²) in [5, 5.41) is 2.25. The summed E-state index contributed by atoms with van der Waals surface area (Å²) in [5.74, 6) is 0.568. The molecule has 19 heavy (non-hydrogen) atoms. The van der Waals surface area contributed by atoms with Crippen LogP contribution < -0.4 is 0 Å². The molecule has 3 nitrogen and oxygen atoms in total. The van der Waals surface area contributed by atoms with E-state index in [2.05, 4.69) is 9.73 Å². The van der Waals surface area contributed by atoms with Crippen molar-refractivity contribution in [2.45, 2.75) is 18.9 Å². The number of ether oxygens (including phenoxy) is 1. The van der Waals surface area contributed by atoms with Crippen molar-refractivity contribution in [2.24, 2.45) is 4.99 Å². The lowest BCUT2D eigenvalue weighted by Crippen LogP contribution is -2.12. The zero-order valence-electron chi connectivity index (χ0n) is 10.4. The normalized spacial score (nSPS) is 18.3. The van der Waals surface area contributed by atoms with Crippen LogP contribution >= 0.6 is 35.0 Å². The Labute approximate surface area is 126 Å². The van der Waals surface area contributed by atoms with Crippen molar-refractivity contribution >= 4 is 46.0 Å². The van der Waals surface area contributed by atoms with Crippen molar-refractivity contribution in [1.82, 2.24) is 0 Å². The van der Waals surface area contributed by atoms with Crippen LogP contribution in [0.1, 0.15) is 12.0 Å². The molecular weight excluding hydrogens is 305 g/mol. The molecule has 1 aromatic carbocycles.